The molecule has 0 fully saturated rings. The third-order valence-electron chi connectivity index (χ3n) is 1.84. The van der Waals surface area contributed by atoms with Gasteiger partial charge in [-0.1, -0.05) is 0 Å². The Balaban J connectivity index is 2.07. The monoisotopic (exact) mass is 199 g/mol. The zero-order valence-corrected chi connectivity index (χ0v) is 8.44. The van der Waals surface area contributed by atoms with Gasteiger partial charge in [0.1, 0.15) is 0 Å². The van der Waals surface area contributed by atoms with Crippen molar-refractivity contribution >= 4 is 0 Å². The summed E-state index contributed by atoms with van der Waals surface area (Å²) < 4.78 is 15.1. The fourth-order valence-corrected chi connectivity index (χ4v) is 1.15. The van der Waals surface area contributed by atoms with E-state index in [0.29, 0.717) is 19.8 Å². The minimum absolute atomic E-state index is 0.0180. The molecule has 80 valence electrons. The van der Waals surface area contributed by atoms with Crippen LogP contribution >= 0.6 is 0 Å². The van der Waals surface area contributed by atoms with Crippen LogP contribution in [0.1, 0.15) is 5.56 Å². The van der Waals surface area contributed by atoms with Crippen molar-refractivity contribution in [3.05, 3.63) is 24.2 Å². The normalized spacial score (nSPS) is 13.0. The summed E-state index contributed by atoms with van der Waals surface area (Å²) in [7, 11) is 1.65. The van der Waals surface area contributed by atoms with Crippen LogP contribution in [0.5, 0.6) is 0 Å². The zero-order valence-electron chi connectivity index (χ0n) is 8.44. The molecular formula is C10H17NO3. The molecule has 2 N–H and O–H groups in total. The summed E-state index contributed by atoms with van der Waals surface area (Å²) in [6.07, 6.45) is 4.13. The van der Waals surface area contributed by atoms with Gasteiger partial charge in [0.2, 0.25) is 0 Å². The molecule has 0 saturated carbocycles. The Morgan fingerprint density at radius 1 is 1.50 bits per heavy atom. The zero-order chi connectivity index (χ0) is 10.2. The van der Waals surface area contributed by atoms with E-state index in [9.17, 15) is 0 Å². The highest BCUT2D eigenvalue weighted by atomic mass is 16.5. The highest BCUT2D eigenvalue weighted by Crippen LogP contribution is 2.02. The average Bonchev–Trinajstić information content (AvgIpc) is 2.65. The Morgan fingerprint density at radius 3 is 3.00 bits per heavy atom. The van der Waals surface area contributed by atoms with Crippen molar-refractivity contribution in [1.29, 1.82) is 0 Å². The molecule has 0 aromatic carbocycles. The number of rotatable bonds is 7. The third kappa shape index (κ3) is 4.41. The van der Waals surface area contributed by atoms with E-state index in [1.807, 2.05) is 6.07 Å². The van der Waals surface area contributed by atoms with E-state index < -0.39 is 0 Å². The Bertz CT molecular complexity index is 223. The fourth-order valence-electron chi connectivity index (χ4n) is 1.15. The lowest BCUT2D eigenvalue weighted by atomic mass is 10.1. The molecule has 1 aromatic rings. The predicted molar refractivity (Wildman–Crippen MR) is 53.1 cm³/mol. The van der Waals surface area contributed by atoms with Crippen LogP contribution in [0.3, 0.4) is 0 Å². The standard InChI is InChI=1S/C10H17NO3/c1-12-4-5-14-8-10(11)6-9-2-3-13-7-9/h2-3,7,10H,4-6,8,11H2,1H3. The van der Waals surface area contributed by atoms with Crippen molar-refractivity contribution in [3.8, 4) is 0 Å². The molecule has 0 aliphatic heterocycles. The molecule has 0 bridgehead atoms. The molecule has 0 aliphatic carbocycles. The topological polar surface area (TPSA) is 57.6 Å². The van der Waals surface area contributed by atoms with Crippen molar-refractivity contribution < 1.29 is 13.9 Å². The second-order valence-corrected chi connectivity index (χ2v) is 3.16. The Morgan fingerprint density at radius 2 is 2.36 bits per heavy atom. The van der Waals surface area contributed by atoms with E-state index in [1.165, 1.54) is 0 Å². The molecule has 1 rings (SSSR count). The van der Waals surface area contributed by atoms with Crippen LogP contribution in [-0.4, -0.2) is 33.0 Å². The fraction of sp³-hybridized carbons (Fsp3) is 0.600. The number of ether oxygens (including phenoxy) is 2. The second-order valence-electron chi connectivity index (χ2n) is 3.16. The first-order valence-corrected chi connectivity index (χ1v) is 4.66. The first kappa shape index (κ1) is 11.2. The van der Waals surface area contributed by atoms with Gasteiger partial charge in [-0.25, -0.2) is 0 Å². The van der Waals surface area contributed by atoms with Gasteiger partial charge in [-0.2, -0.15) is 0 Å². The SMILES string of the molecule is COCCOCC(N)Cc1ccoc1. The van der Waals surface area contributed by atoms with E-state index in [1.54, 1.807) is 19.6 Å². The van der Waals surface area contributed by atoms with E-state index in [0.717, 1.165) is 12.0 Å². The maximum absolute atomic E-state index is 5.84. The van der Waals surface area contributed by atoms with E-state index >= 15 is 0 Å². The summed E-state index contributed by atoms with van der Waals surface area (Å²) in [5.41, 5.74) is 6.94. The molecule has 0 saturated heterocycles. The van der Waals surface area contributed by atoms with E-state index in [-0.39, 0.29) is 6.04 Å². The molecular weight excluding hydrogens is 182 g/mol. The molecule has 1 atom stereocenters. The molecule has 0 radical (unpaired) electrons. The predicted octanol–water partition coefficient (Wildman–Crippen LogP) is 0.812. The van der Waals surface area contributed by atoms with Crippen LogP contribution in [0.25, 0.3) is 0 Å². The first-order chi connectivity index (χ1) is 6.83. The van der Waals surface area contributed by atoms with Gasteiger partial charge in [0.05, 0.1) is 32.3 Å². The number of nitrogens with two attached hydrogens (primary N) is 1. The molecule has 1 heterocycles. The van der Waals surface area contributed by atoms with E-state index in [4.69, 9.17) is 19.6 Å². The van der Waals surface area contributed by atoms with Gasteiger partial charge in [0.15, 0.2) is 0 Å². The summed E-state index contributed by atoms with van der Waals surface area (Å²) in [5, 5.41) is 0. The summed E-state index contributed by atoms with van der Waals surface area (Å²) in [6, 6.07) is 1.93. The lowest BCUT2D eigenvalue weighted by Crippen LogP contribution is -2.29. The molecule has 4 heteroatoms. The van der Waals surface area contributed by atoms with Gasteiger partial charge < -0.3 is 19.6 Å². The number of furan rings is 1. The maximum atomic E-state index is 5.84. The number of hydrogen-bond acceptors (Lipinski definition) is 4. The van der Waals surface area contributed by atoms with Gasteiger partial charge in [-0.15, -0.1) is 0 Å². The Hall–Kier alpha value is -0.840. The summed E-state index contributed by atoms with van der Waals surface area (Å²) in [6.45, 7) is 1.75. The average molecular weight is 199 g/mol. The maximum Gasteiger partial charge on any atom is 0.0935 e. The van der Waals surface area contributed by atoms with Gasteiger partial charge in [-0.05, 0) is 18.1 Å². The minimum Gasteiger partial charge on any atom is -0.472 e. The van der Waals surface area contributed by atoms with Crippen LogP contribution in [0.15, 0.2) is 23.0 Å². The molecule has 0 aliphatic rings. The Kier molecular flexibility index (Phi) is 5.29. The summed E-state index contributed by atoms with van der Waals surface area (Å²) in [4.78, 5) is 0. The van der Waals surface area contributed by atoms with E-state index in [2.05, 4.69) is 0 Å². The largest absolute Gasteiger partial charge is 0.472 e. The van der Waals surface area contributed by atoms with Crippen LogP contribution in [0, 0.1) is 0 Å². The first-order valence-electron chi connectivity index (χ1n) is 4.66. The van der Waals surface area contributed by atoms with Crippen molar-refractivity contribution in [3.63, 3.8) is 0 Å². The lowest BCUT2D eigenvalue weighted by Gasteiger charge is -2.10. The number of methoxy groups -OCH3 is 1. The molecule has 4 nitrogen and oxygen atoms in total. The van der Waals surface area contributed by atoms with Gasteiger partial charge in [0.25, 0.3) is 0 Å². The van der Waals surface area contributed by atoms with Crippen LogP contribution < -0.4 is 5.73 Å². The summed E-state index contributed by atoms with van der Waals surface area (Å²) >= 11 is 0. The van der Waals surface area contributed by atoms with Gasteiger partial charge in [0, 0.05) is 13.2 Å². The van der Waals surface area contributed by atoms with Crippen LogP contribution in [0.2, 0.25) is 0 Å². The van der Waals surface area contributed by atoms with Crippen molar-refractivity contribution in [1.82, 2.24) is 0 Å². The van der Waals surface area contributed by atoms with Crippen molar-refractivity contribution in [2.24, 2.45) is 5.73 Å². The smallest absolute Gasteiger partial charge is 0.0935 e. The van der Waals surface area contributed by atoms with Gasteiger partial charge >= 0.3 is 0 Å². The third-order valence-corrected chi connectivity index (χ3v) is 1.84. The van der Waals surface area contributed by atoms with Crippen molar-refractivity contribution in [2.75, 3.05) is 26.9 Å². The van der Waals surface area contributed by atoms with Gasteiger partial charge in [-0.3, -0.25) is 0 Å². The van der Waals surface area contributed by atoms with Crippen LogP contribution in [-0.2, 0) is 15.9 Å². The number of hydrogen-bond donors (Lipinski definition) is 1. The highest BCUT2D eigenvalue weighted by molar-refractivity contribution is 5.06. The Labute approximate surface area is 84.0 Å². The molecule has 14 heavy (non-hydrogen) atoms. The van der Waals surface area contributed by atoms with Crippen molar-refractivity contribution in [2.45, 2.75) is 12.5 Å². The lowest BCUT2D eigenvalue weighted by molar-refractivity contribution is 0.0637. The quantitative estimate of drug-likeness (QED) is 0.660. The second kappa shape index (κ2) is 6.59. The highest BCUT2D eigenvalue weighted by Gasteiger charge is 2.04. The molecule has 1 unspecified atom stereocenters. The summed E-state index contributed by atoms with van der Waals surface area (Å²) in [5.74, 6) is 0. The molecule has 1 aromatic heterocycles. The minimum atomic E-state index is 0.0180. The molecule has 0 spiro atoms. The van der Waals surface area contributed by atoms with Crippen LogP contribution in [0.4, 0.5) is 0 Å². The molecule has 0 amide bonds.